The summed E-state index contributed by atoms with van der Waals surface area (Å²) in [5.41, 5.74) is 1.29. The van der Waals surface area contributed by atoms with Crippen LogP contribution in [0.25, 0.3) is 0 Å². The van der Waals surface area contributed by atoms with Crippen LogP contribution in [-0.4, -0.2) is 64.5 Å². The van der Waals surface area contributed by atoms with E-state index in [1.807, 2.05) is 17.0 Å². The topological polar surface area (TPSA) is 112 Å². The van der Waals surface area contributed by atoms with Crippen LogP contribution in [0.1, 0.15) is 24.3 Å². The lowest BCUT2D eigenvalue weighted by Crippen LogP contribution is -2.48. The smallest absolute Gasteiger partial charge is 0.338 e. The maximum atomic E-state index is 13.2. The third kappa shape index (κ3) is 5.89. The minimum absolute atomic E-state index is 0.186. The van der Waals surface area contributed by atoms with Crippen molar-refractivity contribution in [2.45, 2.75) is 19.5 Å². The van der Waals surface area contributed by atoms with Crippen molar-refractivity contribution in [1.29, 1.82) is 0 Å². The fourth-order valence-corrected chi connectivity index (χ4v) is 3.85. The van der Waals surface area contributed by atoms with Crippen LogP contribution in [0.3, 0.4) is 0 Å². The second-order valence-corrected chi connectivity index (χ2v) is 7.51. The minimum atomic E-state index is -0.805. The van der Waals surface area contributed by atoms with Crippen LogP contribution in [0.2, 0.25) is 0 Å². The number of ether oxygens (including phenoxy) is 4. The van der Waals surface area contributed by atoms with E-state index in [1.54, 1.807) is 38.5 Å². The van der Waals surface area contributed by atoms with Crippen molar-refractivity contribution in [3.8, 4) is 11.5 Å². The molecule has 184 valence electrons. The van der Waals surface area contributed by atoms with Gasteiger partial charge in [0.1, 0.15) is 5.76 Å². The molecule has 2 heterocycles. The van der Waals surface area contributed by atoms with Crippen LogP contribution < -0.4 is 20.1 Å². The third-order valence-corrected chi connectivity index (χ3v) is 5.35. The number of hydrogen-bond acceptors (Lipinski definition) is 8. The number of urea groups is 1. The van der Waals surface area contributed by atoms with Gasteiger partial charge in [-0.15, -0.1) is 0 Å². The van der Waals surface area contributed by atoms with Crippen LogP contribution >= 0.6 is 0 Å². The highest BCUT2D eigenvalue weighted by Gasteiger charge is 2.36. The Balaban J connectivity index is 2.06. The molecule has 0 saturated carbocycles. The van der Waals surface area contributed by atoms with E-state index in [0.717, 1.165) is 5.76 Å². The molecule has 1 atom stereocenters. The molecule has 0 bridgehead atoms. The highest BCUT2D eigenvalue weighted by Crippen LogP contribution is 2.39. The molecule has 3 rings (SSSR count). The summed E-state index contributed by atoms with van der Waals surface area (Å²) in [4.78, 5) is 27.9. The van der Waals surface area contributed by atoms with Crippen molar-refractivity contribution in [2.75, 3.05) is 47.6 Å². The van der Waals surface area contributed by atoms with Crippen molar-refractivity contribution in [1.82, 2.24) is 15.5 Å². The second kappa shape index (κ2) is 12.1. The summed E-state index contributed by atoms with van der Waals surface area (Å²) in [5.74, 6) is 1.12. The molecule has 0 aliphatic carbocycles. The van der Waals surface area contributed by atoms with E-state index in [9.17, 15) is 9.59 Å². The molecule has 1 aromatic heterocycles. The number of nitrogens with zero attached hydrogens (tertiary/aromatic N) is 1. The summed E-state index contributed by atoms with van der Waals surface area (Å²) in [7, 11) is 4.65. The van der Waals surface area contributed by atoms with Crippen molar-refractivity contribution >= 4 is 12.0 Å². The van der Waals surface area contributed by atoms with E-state index < -0.39 is 18.0 Å². The summed E-state index contributed by atoms with van der Waals surface area (Å²) < 4.78 is 27.1. The Kier molecular flexibility index (Phi) is 8.94. The van der Waals surface area contributed by atoms with Crippen LogP contribution in [0, 0.1) is 0 Å². The molecule has 10 nitrogen and oxygen atoms in total. The minimum Gasteiger partial charge on any atom is -0.493 e. The van der Waals surface area contributed by atoms with E-state index in [0.29, 0.717) is 42.5 Å². The largest absolute Gasteiger partial charge is 0.493 e. The molecule has 2 amide bonds. The lowest BCUT2D eigenvalue weighted by Gasteiger charge is -2.32. The summed E-state index contributed by atoms with van der Waals surface area (Å²) in [6, 6.07) is 7.73. The zero-order valence-corrected chi connectivity index (χ0v) is 19.9. The molecule has 0 fully saturated rings. The molecule has 0 radical (unpaired) electrons. The van der Waals surface area contributed by atoms with Gasteiger partial charge in [-0.25, -0.2) is 9.59 Å². The predicted octanol–water partition coefficient (Wildman–Crippen LogP) is 2.62. The van der Waals surface area contributed by atoms with Gasteiger partial charge in [-0.3, -0.25) is 4.90 Å². The Morgan fingerprint density at radius 1 is 1.12 bits per heavy atom. The van der Waals surface area contributed by atoms with E-state index in [1.165, 1.54) is 14.2 Å². The van der Waals surface area contributed by atoms with Gasteiger partial charge in [0.2, 0.25) is 0 Å². The van der Waals surface area contributed by atoms with E-state index in [2.05, 4.69) is 10.6 Å². The molecular weight excluding hydrogens is 442 g/mol. The Morgan fingerprint density at radius 2 is 1.94 bits per heavy atom. The first-order valence-electron chi connectivity index (χ1n) is 10.9. The van der Waals surface area contributed by atoms with Crippen molar-refractivity contribution < 1.29 is 33.0 Å². The number of esters is 1. The number of carbonyl (C=O) groups excluding carboxylic acids is 2. The average Bonchev–Trinajstić information content (AvgIpc) is 3.34. The molecule has 1 unspecified atom stereocenters. The fraction of sp³-hybridized carbons (Fsp3) is 0.417. The van der Waals surface area contributed by atoms with E-state index in [4.69, 9.17) is 23.4 Å². The molecule has 2 aromatic rings. The SMILES string of the molecule is CCOC(=O)C1=C(CN(CCOC)Cc2ccco2)NC(=O)NC1c1cccc(OC)c1OC. The van der Waals surface area contributed by atoms with Gasteiger partial charge in [0.25, 0.3) is 0 Å². The summed E-state index contributed by atoms with van der Waals surface area (Å²) in [5, 5.41) is 5.64. The van der Waals surface area contributed by atoms with E-state index in [-0.39, 0.29) is 18.7 Å². The number of rotatable bonds is 12. The zero-order chi connectivity index (χ0) is 24.5. The van der Waals surface area contributed by atoms with Crippen LogP contribution in [0.5, 0.6) is 11.5 Å². The van der Waals surface area contributed by atoms with Gasteiger partial charge >= 0.3 is 12.0 Å². The molecular formula is C24H31N3O7. The number of methoxy groups -OCH3 is 3. The highest BCUT2D eigenvalue weighted by molar-refractivity contribution is 5.95. The Hall–Kier alpha value is -3.50. The lowest BCUT2D eigenvalue weighted by molar-refractivity contribution is -0.139. The van der Waals surface area contributed by atoms with Gasteiger partial charge < -0.3 is 34.0 Å². The zero-order valence-electron chi connectivity index (χ0n) is 19.9. The molecule has 34 heavy (non-hydrogen) atoms. The number of nitrogens with one attached hydrogen (secondary N) is 2. The monoisotopic (exact) mass is 473 g/mol. The number of carbonyl (C=O) groups is 2. The standard InChI is InChI=1S/C24H31N3O7/c1-5-33-23(28)20-18(15-27(11-13-30-2)14-16-8-7-12-34-16)25-24(29)26-21(20)17-9-6-10-19(31-3)22(17)32-4/h6-10,12,21H,5,11,13-15H2,1-4H3,(H2,25,26,29). The van der Waals surface area contributed by atoms with Gasteiger partial charge in [0.05, 0.1) is 51.9 Å². The number of para-hydroxylation sites is 1. The van der Waals surface area contributed by atoms with Gasteiger partial charge in [0.15, 0.2) is 11.5 Å². The molecule has 1 aliphatic rings. The van der Waals surface area contributed by atoms with Crippen molar-refractivity contribution in [3.63, 3.8) is 0 Å². The van der Waals surface area contributed by atoms with Crippen LogP contribution in [0.15, 0.2) is 52.3 Å². The summed E-state index contributed by atoms with van der Waals surface area (Å²) in [6.07, 6.45) is 1.60. The van der Waals surface area contributed by atoms with Gasteiger partial charge in [-0.1, -0.05) is 12.1 Å². The molecule has 0 saturated heterocycles. The normalized spacial score (nSPS) is 15.7. The lowest BCUT2D eigenvalue weighted by atomic mass is 9.93. The highest BCUT2D eigenvalue weighted by atomic mass is 16.5. The number of furan rings is 1. The third-order valence-electron chi connectivity index (χ3n) is 5.35. The van der Waals surface area contributed by atoms with Gasteiger partial charge in [-0.2, -0.15) is 0 Å². The summed E-state index contributed by atoms with van der Waals surface area (Å²) >= 11 is 0. The Labute approximate surface area is 198 Å². The second-order valence-electron chi connectivity index (χ2n) is 7.51. The maximum Gasteiger partial charge on any atom is 0.338 e. The van der Waals surface area contributed by atoms with Gasteiger partial charge in [0, 0.05) is 31.5 Å². The molecule has 0 spiro atoms. The maximum absolute atomic E-state index is 13.2. The van der Waals surface area contributed by atoms with Crippen LogP contribution in [0.4, 0.5) is 4.79 Å². The van der Waals surface area contributed by atoms with Crippen LogP contribution in [-0.2, 0) is 20.8 Å². The first-order valence-corrected chi connectivity index (χ1v) is 10.9. The first kappa shape index (κ1) is 25.1. The fourth-order valence-electron chi connectivity index (χ4n) is 3.85. The molecule has 1 aliphatic heterocycles. The van der Waals surface area contributed by atoms with Gasteiger partial charge in [-0.05, 0) is 25.1 Å². The molecule has 10 heteroatoms. The molecule has 2 N–H and O–H groups in total. The van der Waals surface area contributed by atoms with Crippen molar-refractivity contribution in [2.24, 2.45) is 0 Å². The number of benzene rings is 1. The van der Waals surface area contributed by atoms with E-state index >= 15 is 0 Å². The number of hydrogen-bond donors (Lipinski definition) is 2. The Bertz CT molecular complexity index is 1000. The average molecular weight is 474 g/mol. The predicted molar refractivity (Wildman–Crippen MR) is 123 cm³/mol. The summed E-state index contributed by atoms with van der Waals surface area (Å²) in [6.45, 7) is 3.65. The number of amides is 2. The first-order chi connectivity index (χ1) is 16.5. The molecule has 1 aromatic carbocycles. The van der Waals surface area contributed by atoms with Crippen molar-refractivity contribution in [3.05, 3.63) is 59.2 Å². The quantitative estimate of drug-likeness (QED) is 0.453. The Morgan fingerprint density at radius 3 is 2.59 bits per heavy atom.